The summed E-state index contributed by atoms with van der Waals surface area (Å²) in [5.41, 5.74) is 2.45. The van der Waals surface area contributed by atoms with Crippen LogP contribution >= 0.6 is 0 Å². The summed E-state index contributed by atoms with van der Waals surface area (Å²) in [6.07, 6.45) is 5.00. The van der Waals surface area contributed by atoms with E-state index < -0.39 is 0 Å². The summed E-state index contributed by atoms with van der Waals surface area (Å²) in [5, 5.41) is 0. The van der Waals surface area contributed by atoms with Gasteiger partial charge in [0.25, 0.3) is 0 Å². The number of hydrogen-bond acceptors (Lipinski definition) is 5. The van der Waals surface area contributed by atoms with Crippen molar-refractivity contribution in [3.63, 3.8) is 0 Å². The number of hydrogen-bond donors (Lipinski definition) is 0. The minimum atomic E-state index is 0.424. The predicted octanol–water partition coefficient (Wildman–Crippen LogP) is 3.37. The molecule has 1 aromatic carbocycles. The van der Waals surface area contributed by atoms with Gasteiger partial charge >= 0.3 is 0 Å². The molecule has 5 heteroatoms. The van der Waals surface area contributed by atoms with Crippen LogP contribution < -0.4 is 9.64 Å². The third kappa shape index (κ3) is 3.47. The van der Waals surface area contributed by atoms with Crippen LogP contribution in [0.5, 0.6) is 5.75 Å². The van der Waals surface area contributed by atoms with Gasteiger partial charge in [-0.25, -0.2) is 9.97 Å². The van der Waals surface area contributed by atoms with Crippen molar-refractivity contribution in [2.45, 2.75) is 31.1 Å². The Morgan fingerprint density at radius 3 is 2.68 bits per heavy atom. The van der Waals surface area contributed by atoms with Gasteiger partial charge in [-0.05, 0) is 36.8 Å². The zero-order valence-corrected chi connectivity index (χ0v) is 14.7. The lowest BCUT2D eigenvalue weighted by molar-refractivity contribution is 0.193. The number of rotatable bonds is 4. The second-order valence-electron chi connectivity index (χ2n) is 6.86. The Hall–Kier alpha value is -2.14. The van der Waals surface area contributed by atoms with Crippen molar-refractivity contribution in [2.24, 2.45) is 0 Å². The van der Waals surface area contributed by atoms with Crippen molar-refractivity contribution in [3.8, 4) is 5.75 Å². The van der Waals surface area contributed by atoms with E-state index in [4.69, 9.17) is 9.47 Å². The molecule has 2 fully saturated rings. The summed E-state index contributed by atoms with van der Waals surface area (Å²) in [7, 11) is 1.75. The fourth-order valence-corrected chi connectivity index (χ4v) is 3.95. The zero-order chi connectivity index (χ0) is 17.1. The highest BCUT2D eigenvalue weighted by molar-refractivity contribution is 5.42. The second-order valence-corrected chi connectivity index (χ2v) is 6.86. The van der Waals surface area contributed by atoms with Crippen LogP contribution in [0.25, 0.3) is 0 Å². The first-order chi connectivity index (χ1) is 12.3. The van der Waals surface area contributed by atoms with Gasteiger partial charge < -0.3 is 14.4 Å². The quantitative estimate of drug-likeness (QED) is 0.855. The van der Waals surface area contributed by atoms with E-state index in [2.05, 4.69) is 39.1 Å². The van der Waals surface area contributed by atoms with Gasteiger partial charge in [-0.3, -0.25) is 0 Å². The van der Waals surface area contributed by atoms with Crippen molar-refractivity contribution in [1.82, 2.24) is 9.97 Å². The normalized spacial score (nSPS) is 21.5. The van der Waals surface area contributed by atoms with Gasteiger partial charge in [0.1, 0.15) is 17.9 Å². The van der Waals surface area contributed by atoms with Crippen molar-refractivity contribution >= 4 is 5.82 Å². The topological polar surface area (TPSA) is 47.5 Å². The second kappa shape index (κ2) is 7.40. The Balaban J connectivity index is 1.44. The molecule has 0 saturated carbocycles. The molecule has 2 aliphatic rings. The van der Waals surface area contributed by atoms with Crippen molar-refractivity contribution < 1.29 is 9.47 Å². The van der Waals surface area contributed by atoms with E-state index in [1.54, 1.807) is 13.4 Å². The first kappa shape index (κ1) is 16.3. The molecule has 5 nitrogen and oxygen atoms in total. The molecular formula is C20H25N3O2. The maximum atomic E-state index is 5.54. The molecule has 1 aromatic heterocycles. The van der Waals surface area contributed by atoms with Gasteiger partial charge in [0.05, 0.1) is 19.4 Å². The molecule has 3 heterocycles. The molecule has 132 valence electrons. The predicted molar refractivity (Wildman–Crippen MR) is 97.4 cm³/mol. The number of nitrogens with zero attached hydrogens (tertiary/aromatic N) is 3. The van der Waals surface area contributed by atoms with E-state index >= 15 is 0 Å². The van der Waals surface area contributed by atoms with Crippen LogP contribution in [0.15, 0.2) is 36.7 Å². The van der Waals surface area contributed by atoms with E-state index in [1.165, 1.54) is 5.56 Å². The molecule has 25 heavy (non-hydrogen) atoms. The molecule has 2 saturated heterocycles. The number of methoxy groups -OCH3 is 1. The highest BCUT2D eigenvalue weighted by Crippen LogP contribution is 2.35. The van der Waals surface area contributed by atoms with Crippen LogP contribution in [-0.2, 0) is 4.74 Å². The molecule has 0 amide bonds. The molecule has 4 rings (SSSR count). The molecule has 2 aromatic rings. The fourth-order valence-electron chi connectivity index (χ4n) is 3.95. The van der Waals surface area contributed by atoms with Gasteiger partial charge in [0, 0.05) is 31.7 Å². The van der Waals surface area contributed by atoms with Crippen molar-refractivity contribution in [1.29, 1.82) is 0 Å². The lowest BCUT2D eigenvalue weighted by atomic mass is 9.89. The first-order valence-corrected chi connectivity index (χ1v) is 9.12. The SMILES string of the molecule is COc1ccccc1C1CCN(c2cc([C@@H]3CCOC3)ncn2)CC1. The van der Waals surface area contributed by atoms with Crippen LogP contribution in [0.4, 0.5) is 5.82 Å². The van der Waals surface area contributed by atoms with E-state index in [-0.39, 0.29) is 0 Å². The Labute approximate surface area is 149 Å². The standard InChI is InChI=1S/C20H25N3O2/c1-24-19-5-3-2-4-17(19)15-6-9-23(10-7-15)20-12-18(21-14-22-20)16-8-11-25-13-16/h2-5,12,14-16H,6-11,13H2,1H3/t16-/m1/s1. The molecule has 0 spiro atoms. The third-order valence-electron chi connectivity index (χ3n) is 5.42. The maximum absolute atomic E-state index is 5.54. The van der Waals surface area contributed by atoms with Crippen LogP contribution in [0, 0.1) is 0 Å². The van der Waals surface area contributed by atoms with Gasteiger partial charge in [-0.1, -0.05) is 18.2 Å². The van der Waals surface area contributed by atoms with Gasteiger partial charge in [-0.15, -0.1) is 0 Å². The Morgan fingerprint density at radius 2 is 1.92 bits per heavy atom. The number of ether oxygens (including phenoxy) is 2. The zero-order valence-electron chi connectivity index (χ0n) is 14.7. The average molecular weight is 339 g/mol. The summed E-state index contributed by atoms with van der Waals surface area (Å²) in [6.45, 7) is 3.65. The lowest BCUT2D eigenvalue weighted by Gasteiger charge is -2.33. The summed E-state index contributed by atoms with van der Waals surface area (Å²) in [5.74, 6) is 3.03. The highest BCUT2D eigenvalue weighted by atomic mass is 16.5. The maximum Gasteiger partial charge on any atom is 0.132 e. The van der Waals surface area contributed by atoms with Crippen LogP contribution in [0.2, 0.25) is 0 Å². The monoisotopic (exact) mass is 339 g/mol. The molecule has 0 unspecified atom stereocenters. The van der Waals surface area contributed by atoms with Gasteiger partial charge in [-0.2, -0.15) is 0 Å². The van der Waals surface area contributed by atoms with Crippen LogP contribution in [0.3, 0.4) is 0 Å². The largest absolute Gasteiger partial charge is 0.496 e. The molecular weight excluding hydrogens is 314 g/mol. The fraction of sp³-hybridized carbons (Fsp3) is 0.500. The van der Waals surface area contributed by atoms with E-state index in [1.807, 2.05) is 6.07 Å². The Bertz CT molecular complexity index is 708. The minimum absolute atomic E-state index is 0.424. The van der Waals surface area contributed by atoms with Crippen LogP contribution in [0.1, 0.15) is 42.4 Å². The molecule has 0 radical (unpaired) electrons. The highest BCUT2D eigenvalue weighted by Gasteiger charge is 2.25. The summed E-state index contributed by atoms with van der Waals surface area (Å²) in [6, 6.07) is 10.5. The Morgan fingerprint density at radius 1 is 1.08 bits per heavy atom. The molecule has 2 aliphatic heterocycles. The molecule has 0 bridgehead atoms. The smallest absolute Gasteiger partial charge is 0.132 e. The van der Waals surface area contributed by atoms with Crippen LogP contribution in [-0.4, -0.2) is 43.4 Å². The number of benzene rings is 1. The number of aromatic nitrogens is 2. The Kier molecular flexibility index (Phi) is 4.83. The third-order valence-corrected chi connectivity index (χ3v) is 5.42. The number of anilines is 1. The van der Waals surface area contributed by atoms with Gasteiger partial charge in [0.15, 0.2) is 0 Å². The first-order valence-electron chi connectivity index (χ1n) is 9.12. The average Bonchev–Trinajstić information content (AvgIpc) is 3.23. The minimum Gasteiger partial charge on any atom is -0.496 e. The molecule has 0 N–H and O–H groups in total. The van der Waals surface area contributed by atoms with Crippen molar-refractivity contribution in [2.75, 3.05) is 38.3 Å². The van der Waals surface area contributed by atoms with E-state index in [9.17, 15) is 0 Å². The molecule has 0 aliphatic carbocycles. The number of para-hydroxylation sites is 1. The summed E-state index contributed by atoms with van der Waals surface area (Å²) in [4.78, 5) is 11.4. The van der Waals surface area contributed by atoms with Crippen molar-refractivity contribution in [3.05, 3.63) is 47.9 Å². The van der Waals surface area contributed by atoms with E-state index in [0.29, 0.717) is 11.8 Å². The molecule has 1 atom stereocenters. The van der Waals surface area contributed by atoms with E-state index in [0.717, 1.165) is 62.8 Å². The summed E-state index contributed by atoms with van der Waals surface area (Å²) >= 11 is 0. The lowest BCUT2D eigenvalue weighted by Crippen LogP contribution is -2.33. The number of piperidine rings is 1. The summed E-state index contributed by atoms with van der Waals surface area (Å²) < 4.78 is 11.0. The van der Waals surface area contributed by atoms with Gasteiger partial charge in [0.2, 0.25) is 0 Å².